The van der Waals surface area contributed by atoms with Crippen molar-refractivity contribution in [3.63, 3.8) is 0 Å². The minimum absolute atomic E-state index is 0.0125. The minimum atomic E-state index is -3.80. The van der Waals surface area contributed by atoms with Crippen LogP contribution in [0.4, 0.5) is 5.69 Å². The highest BCUT2D eigenvalue weighted by molar-refractivity contribution is 7.92. The van der Waals surface area contributed by atoms with Crippen LogP contribution < -0.4 is 14.2 Å². The molecule has 11 heteroatoms. The molecule has 3 aromatic rings. The van der Waals surface area contributed by atoms with Gasteiger partial charge in [0.25, 0.3) is 11.8 Å². The third kappa shape index (κ3) is 3.01. The van der Waals surface area contributed by atoms with Gasteiger partial charge in [-0.3, -0.25) is 24.2 Å². The molecule has 0 radical (unpaired) electrons. The van der Waals surface area contributed by atoms with Crippen LogP contribution in [0, 0.1) is 0 Å². The van der Waals surface area contributed by atoms with E-state index in [0.29, 0.717) is 17.1 Å². The van der Waals surface area contributed by atoms with Crippen molar-refractivity contribution in [2.75, 3.05) is 17.8 Å². The predicted molar refractivity (Wildman–Crippen MR) is 109 cm³/mol. The van der Waals surface area contributed by atoms with E-state index < -0.39 is 27.6 Å². The molecule has 2 aromatic carbocycles. The monoisotopic (exact) mass is 441 g/mol. The number of nitrogens with zero attached hydrogens (tertiary/aromatic N) is 2. The lowest BCUT2D eigenvalue weighted by Crippen LogP contribution is -2.29. The standard InChI is InChI=1S/C20H15N3O7S/c1-31(27,28)22-16-11-3-2-6-21-17(11)18(24)15-14(16)19(25)23(20(15)26)8-10-4-5-12-13(7-10)30-9-29-12/h2-7,22,24H,8-9H2,1H3. The maximum absolute atomic E-state index is 13.2. The quantitative estimate of drug-likeness (QED) is 0.463. The number of hydrogen-bond donors (Lipinski definition) is 2. The normalized spacial score (nSPS) is 14.9. The second-order valence-corrected chi connectivity index (χ2v) is 8.88. The number of carbonyl (C=O) groups is 2. The molecule has 0 aliphatic carbocycles. The van der Waals surface area contributed by atoms with Crippen molar-refractivity contribution in [2.24, 2.45) is 0 Å². The molecular formula is C20H15N3O7S. The van der Waals surface area contributed by atoms with Crippen molar-refractivity contribution >= 4 is 38.4 Å². The van der Waals surface area contributed by atoms with Crippen LogP contribution in [0.15, 0.2) is 36.5 Å². The van der Waals surface area contributed by atoms with Crippen LogP contribution in [0.5, 0.6) is 17.2 Å². The number of hydrogen-bond acceptors (Lipinski definition) is 8. The Bertz CT molecular complexity index is 1400. The van der Waals surface area contributed by atoms with Gasteiger partial charge in [-0.1, -0.05) is 6.07 Å². The first kappa shape index (κ1) is 19.1. The van der Waals surface area contributed by atoms with Crippen LogP contribution in [0.2, 0.25) is 0 Å². The van der Waals surface area contributed by atoms with Gasteiger partial charge in [-0.05, 0) is 29.8 Å². The number of sulfonamides is 1. The molecule has 0 atom stereocenters. The largest absolute Gasteiger partial charge is 0.505 e. The Labute approximate surface area is 176 Å². The Hall–Kier alpha value is -3.86. The number of amides is 2. The molecule has 0 spiro atoms. The van der Waals surface area contributed by atoms with Crippen LogP contribution >= 0.6 is 0 Å². The number of anilines is 1. The van der Waals surface area contributed by atoms with Gasteiger partial charge in [0.1, 0.15) is 5.52 Å². The number of aromatic hydroxyl groups is 1. The van der Waals surface area contributed by atoms with E-state index in [2.05, 4.69) is 9.71 Å². The van der Waals surface area contributed by atoms with E-state index in [4.69, 9.17) is 9.47 Å². The number of benzene rings is 2. The smallest absolute Gasteiger partial charge is 0.265 e. The first-order chi connectivity index (χ1) is 14.7. The van der Waals surface area contributed by atoms with E-state index in [1.54, 1.807) is 18.2 Å². The zero-order chi connectivity index (χ0) is 21.9. The molecule has 158 valence electrons. The second kappa shape index (κ2) is 6.57. The van der Waals surface area contributed by atoms with Gasteiger partial charge in [0.2, 0.25) is 16.8 Å². The van der Waals surface area contributed by atoms with Gasteiger partial charge in [0.15, 0.2) is 17.2 Å². The Morgan fingerprint density at radius 3 is 2.65 bits per heavy atom. The molecule has 0 unspecified atom stereocenters. The third-order valence-corrected chi connectivity index (χ3v) is 5.60. The van der Waals surface area contributed by atoms with E-state index in [-0.39, 0.29) is 41.1 Å². The fourth-order valence-electron chi connectivity index (χ4n) is 3.73. The summed E-state index contributed by atoms with van der Waals surface area (Å²) in [6.45, 7) is -0.0235. The van der Waals surface area contributed by atoms with Crippen molar-refractivity contribution in [3.8, 4) is 17.2 Å². The molecular weight excluding hydrogens is 426 g/mol. The summed E-state index contributed by atoms with van der Waals surface area (Å²) in [5, 5.41) is 10.9. The van der Waals surface area contributed by atoms with E-state index >= 15 is 0 Å². The molecule has 0 bridgehead atoms. The zero-order valence-electron chi connectivity index (χ0n) is 16.1. The van der Waals surface area contributed by atoms with Gasteiger partial charge < -0.3 is 14.6 Å². The summed E-state index contributed by atoms with van der Waals surface area (Å²) in [5.74, 6) is -0.910. The summed E-state index contributed by atoms with van der Waals surface area (Å²) in [4.78, 5) is 31.3. The summed E-state index contributed by atoms with van der Waals surface area (Å²) in [7, 11) is -3.80. The molecule has 2 aliphatic heterocycles. The fraction of sp³-hybridized carbons (Fsp3) is 0.150. The number of pyridine rings is 1. The molecule has 0 fully saturated rings. The van der Waals surface area contributed by atoms with Crippen molar-refractivity contribution in [1.82, 2.24) is 9.88 Å². The number of carbonyl (C=O) groups excluding carboxylic acids is 2. The average molecular weight is 441 g/mol. The number of phenolic OH excluding ortho intramolecular Hbond substituents is 1. The molecule has 0 saturated carbocycles. The Balaban J connectivity index is 1.64. The molecule has 2 amide bonds. The summed E-state index contributed by atoms with van der Waals surface area (Å²) < 4.78 is 36.8. The van der Waals surface area contributed by atoms with Crippen molar-refractivity contribution in [1.29, 1.82) is 0 Å². The molecule has 31 heavy (non-hydrogen) atoms. The molecule has 10 nitrogen and oxygen atoms in total. The topological polar surface area (TPSA) is 135 Å². The lowest BCUT2D eigenvalue weighted by atomic mass is 10.0. The second-order valence-electron chi connectivity index (χ2n) is 7.13. The van der Waals surface area contributed by atoms with Crippen LogP contribution in [-0.2, 0) is 16.6 Å². The molecule has 2 aliphatic rings. The first-order valence-electron chi connectivity index (χ1n) is 9.11. The van der Waals surface area contributed by atoms with E-state index in [9.17, 15) is 23.1 Å². The molecule has 0 saturated heterocycles. The van der Waals surface area contributed by atoms with Crippen LogP contribution in [0.25, 0.3) is 10.9 Å². The minimum Gasteiger partial charge on any atom is -0.505 e. The van der Waals surface area contributed by atoms with Gasteiger partial charge in [0, 0.05) is 11.6 Å². The Morgan fingerprint density at radius 2 is 1.87 bits per heavy atom. The zero-order valence-corrected chi connectivity index (χ0v) is 16.9. The maximum atomic E-state index is 13.2. The predicted octanol–water partition coefficient (Wildman–Crippen LogP) is 1.84. The van der Waals surface area contributed by atoms with Gasteiger partial charge >= 0.3 is 0 Å². The SMILES string of the molecule is CS(=O)(=O)Nc1c2c(c(O)c3ncccc13)C(=O)N(Cc1ccc3c(c1)OCO3)C2=O. The molecule has 2 N–H and O–H groups in total. The van der Waals surface area contributed by atoms with Gasteiger partial charge in [-0.2, -0.15) is 0 Å². The molecule has 3 heterocycles. The number of imide groups is 1. The number of rotatable bonds is 4. The number of fused-ring (bicyclic) bond motifs is 3. The van der Waals surface area contributed by atoms with Crippen LogP contribution in [0.3, 0.4) is 0 Å². The van der Waals surface area contributed by atoms with Crippen molar-refractivity contribution < 1.29 is 32.6 Å². The average Bonchev–Trinajstić information content (AvgIpc) is 3.28. The first-order valence-corrected chi connectivity index (χ1v) is 11.0. The summed E-state index contributed by atoms with van der Waals surface area (Å²) in [5.41, 5.74) is 0.0132. The number of aromatic nitrogens is 1. The summed E-state index contributed by atoms with van der Waals surface area (Å²) in [6, 6.07) is 8.05. The van der Waals surface area contributed by atoms with E-state index in [1.807, 2.05) is 0 Å². The number of phenols is 1. The highest BCUT2D eigenvalue weighted by Crippen LogP contribution is 2.43. The van der Waals surface area contributed by atoms with Crippen molar-refractivity contribution in [2.45, 2.75) is 6.54 Å². The maximum Gasteiger partial charge on any atom is 0.265 e. The lowest BCUT2D eigenvalue weighted by molar-refractivity contribution is 0.0642. The number of nitrogens with one attached hydrogen (secondary N) is 1. The summed E-state index contributed by atoms with van der Waals surface area (Å²) in [6.07, 6.45) is 2.32. The number of ether oxygens (including phenoxy) is 2. The van der Waals surface area contributed by atoms with Gasteiger partial charge in [-0.25, -0.2) is 8.42 Å². The molecule has 5 rings (SSSR count). The Morgan fingerprint density at radius 1 is 1.13 bits per heavy atom. The van der Waals surface area contributed by atoms with Crippen LogP contribution in [-0.4, -0.2) is 48.3 Å². The lowest BCUT2D eigenvalue weighted by Gasteiger charge is -2.14. The highest BCUT2D eigenvalue weighted by Gasteiger charge is 2.42. The fourth-order valence-corrected chi connectivity index (χ4v) is 4.32. The van der Waals surface area contributed by atoms with Gasteiger partial charge in [0.05, 0.1) is 29.6 Å². The van der Waals surface area contributed by atoms with Crippen LogP contribution in [0.1, 0.15) is 26.3 Å². The van der Waals surface area contributed by atoms with Gasteiger partial charge in [-0.15, -0.1) is 0 Å². The third-order valence-electron chi connectivity index (χ3n) is 5.02. The molecule has 1 aromatic heterocycles. The van der Waals surface area contributed by atoms with E-state index in [1.165, 1.54) is 18.3 Å². The van der Waals surface area contributed by atoms with E-state index in [0.717, 1.165) is 11.2 Å². The highest BCUT2D eigenvalue weighted by atomic mass is 32.2. The van der Waals surface area contributed by atoms with Crippen molar-refractivity contribution in [3.05, 3.63) is 53.2 Å². The Kier molecular flexibility index (Phi) is 4.05. The summed E-state index contributed by atoms with van der Waals surface area (Å²) >= 11 is 0.